The van der Waals surface area contributed by atoms with E-state index in [1.165, 1.54) is 42.5 Å². The molecule has 0 aliphatic rings. The summed E-state index contributed by atoms with van der Waals surface area (Å²) in [6.45, 7) is 0. The van der Waals surface area contributed by atoms with E-state index < -0.39 is 34.6 Å². The second kappa shape index (κ2) is 22.9. The van der Waals surface area contributed by atoms with E-state index in [2.05, 4.69) is 42.5 Å². The second-order valence-corrected chi connectivity index (χ2v) is 21.8. The summed E-state index contributed by atoms with van der Waals surface area (Å²) in [5.41, 5.74) is 3.69. The van der Waals surface area contributed by atoms with E-state index in [9.17, 15) is 47.4 Å². The molecular formula is C77H33F6N11. The summed E-state index contributed by atoms with van der Waals surface area (Å²) in [6.07, 6.45) is -10.6. The molecule has 13 aromatic rings. The highest BCUT2D eigenvalue weighted by atomic mass is 19.4. The van der Waals surface area contributed by atoms with Crippen molar-refractivity contribution in [2.75, 3.05) is 0 Å². The summed E-state index contributed by atoms with van der Waals surface area (Å²) in [5, 5.41) is 93.5. The summed E-state index contributed by atoms with van der Waals surface area (Å²) < 4.78 is 95.9. The first-order chi connectivity index (χ1) is 45.4. The fourth-order valence-corrected chi connectivity index (χ4v) is 12.5. The van der Waals surface area contributed by atoms with Crippen LogP contribution in [0.4, 0.5) is 26.3 Å². The lowest BCUT2D eigenvalue weighted by molar-refractivity contribution is -0.142. The van der Waals surface area contributed by atoms with Crippen molar-refractivity contribution in [2.45, 2.75) is 12.4 Å². The highest BCUT2D eigenvalue weighted by Gasteiger charge is 2.41. The van der Waals surface area contributed by atoms with Gasteiger partial charge in [-0.1, -0.05) is 66.7 Å². The van der Waals surface area contributed by atoms with E-state index in [1.807, 2.05) is 41.0 Å². The molecule has 0 fully saturated rings. The third kappa shape index (κ3) is 9.92. The van der Waals surface area contributed by atoms with Crippen molar-refractivity contribution in [2.24, 2.45) is 0 Å². The molecule has 0 aliphatic heterocycles. The molecule has 0 amide bonds. The van der Waals surface area contributed by atoms with E-state index in [1.54, 1.807) is 120 Å². The van der Waals surface area contributed by atoms with Crippen LogP contribution in [0.5, 0.6) is 0 Å². The molecule has 17 heteroatoms. The number of benzene rings is 11. The Kier molecular flexibility index (Phi) is 14.4. The van der Waals surface area contributed by atoms with Gasteiger partial charge in [-0.05, 0) is 184 Å². The highest BCUT2D eigenvalue weighted by molar-refractivity contribution is 6.14. The monoisotopic (exact) mass is 1230 g/mol. The Labute approximate surface area is 530 Å². The lowest BCUT2D eigenvalue weighted by Gasteiger charge is -2.22. The fourth-order valence-electron chi connectivity index (χ4n) is 12.5. The Hall–Kier alpha value is -14.0. The van der Waals surface area contributed by atoms with Crippen molar-refractivity contribution in [3.05, 3.63) is 261 Å². The maximum atomic E-state index is 15.4. The Morgan fingerprint density at radius 1 is 0.255 bits per heavy atom. The Balaban J connectivity index is 1.16. The zero-order valence-electron chi connectivity index (χ0n) is 48.2. The number of hydrogen-bond donors (Lipinski definition) is 0. The predicted octanol–water partition coefficient (Wildman–Crippen LogP) is 18.8. The zero-order valence-corrected chi connectivity index (χ0v) is 48.2. The molecule has 0 atom stereocenters. The third-order valence-corrected chi connectivity index (χ3v) is 16.7. The number of alkyl halides is 6. The van der Waals surface area contributed by atoms with E-state index in [4.69, 9.17) is 0 Å². The normalized spacial score (nSPS) is 11.2. The van der Waals surface area contributed by atoms with Gasteiger partial charge in [-0.25, -0.2) is 0 Å². The maximum Gasteiger partial charge on any atom is 0.417 e. The SMILES string of the molecule is N#Cc1ccc(-c2ccc3c(c2)c2cc(-c4ccc(C#N)cc4C#N)ccc2n3-c2ccc(C#N)cc2-c2ccc(-c3c(C(F)(F)F)cccc3C(F)(F)F)cc2-n2c3ccc(-c4ccc(C#N)cc4C#N)cc3c3cc(-c4ccc(C#N)cc4C#N)ccc32)c(C#N)c1. The molecular weight excluding hydrogens is 1190 g/mol. The molecule has 0 radical (unpaired) electrons. The maximum absolute atomic E-state index is 15.4. The third-order valence-electron chi connectivity index (χ3n) is 16.7. The van der Waals surface area contributed by atoms with Crippen LogP contribution in [-0.4, -0.2) is 9.13 Å². The second-order valence-electron chi connectivity index (χ2n) is 21.8. The van der Waals surface area contributed by atoms with Crippen molar-refractivity contribution in [3.8, 4) is 133 Å². The van der Waals surface area contributed by atoms with Crippen molar-refractivity contribution >= 4 is 43.6 Å². The summed E-state index contributed by atoms with van der Waals surface area (Å²) in [4.78, 5) is 0. The highest BCUT2D eigenvalue weighted by Crippen LogP contribution is 2.49. The van der Waals surface area contributed by atoms with Gasteiger partial charge >= 0.3 is 12.4 Å². The molecule has 94 heavy (non-hydrogen) atoms. The van der Waals surface area contributed by atoms with Crippen LogP contribution in [0.15, 0.2) is 200 Å². The van der Waals surface area contributed by atoms with Crippen LogP contribution in [0, 0.1) is 102 Å². The average Bonchev–Trinajstić information content (AvgIpc) is 1.53. The predicted molar refractivity (Wildman–Crippen MR) is 340 cm³/mol. The van der Waals surface area contributed by atoms with Gasteiger partial charge < -0.3 is 9.13 Å². The molecule has 11 aromatic carbocycles. The number of hydrogen-bond acceptors (Lipinski definition) is 9. The standard InChI is InChI=1S/C77H33F6N11/c78-76(79,80)67-2-1-3-68(77(81,82)83)75(67)52-9-18-61(74(33-52)94-72-22-12-50(59-16-6-45(36-86)26-55(59)41-91)31-65(72)66-32-51(13-23-73(66)94)60-17-7-46(37-87)27-56(60)42-92)62-28-47(38-88)8-19-69(62)93-70-20-10-48(57-14-4-43(34-84)24-53(57)39-89)29-63(70)64-30-49(11-21-71(64)93)58-15-5-44(35-85)25-54(58)40-90/h1-33H. The van der Waals surface area contributed by atoms with Crippen molar-refractivity contribution in [1.82, 2.24) is 9.13 Å². The van der Waals surface area contributed by atoms with Gasteiger partial charge in [-0.2, -0.15) is 73.7 Å². The minimum atomic E-state index is -5.30. The number of nitrogens with zero attached hydrogens (tertiary/aromatic N) is 11. The summed E-state index contributed by atoms with van der Waals surface area (Å²) in [5.74, 6) is 0. The topological polar surface area (TPSA) is 224 Å². The summed E-state index contributed by atoms with van der Waals surface area (Å²) >= 11 is 0. The minimum absolute atomic E-state index is 0.0339. The first kappa shape index (κ1) is 59.0. The average molecular weight is 1230 g/mol. The van der Waals surface area contributed by atoms with E-state index in [0.29, 0.717) is 112 Å². The summed E-state index contributed by atoms with van der Waals surface area (Å²) in [6, 6.07) is 69.5. The van der Waals surface area contributed by atoms with Gasteiger partial charge in [0.25, 0.3) is 0 Å². The molecule has 11 nitrogen and oxygen atoms in total. The van der Waals surface area contributed by atoms with Gasteiger partial charge in [0.15, 0.2) is 0 Å². The lowest BCUT2D eigenvalue weighted by Crippen LogP contribution is -2.14. The Bertz CT molecular complexity index is 5620. The fraction of sp³-hybridized carbons (Fsp3) is 0.0260. The summed E-state index contributed by atoms with van der Waals surface area (Å²) in [7, 11) is 0. The van der Waals surface area contributed by atoms with Gasteiger partial charge in [-0.15, -0.1) is 0 Å². The largest absolute Gasteiger partial charge is 0.417 e. The number of halogens is 6. The van der Waals surface area contributed by atoms with Crippen LogP contribution in [0.3, 0.4) is 0 Å². The van der Waals surface area contributed by atoms with Crippen LogP contribution >= 0.6 is 0 Å². The molecule has 0 N–H and O–H groups in total. The molecule has 2 heterocycles. The van der Waals surface area contributed by atoms with Crippen molar-refractivity contribution in [3.63, 3.8) is 0 Å². The molecule has 0 saturated heterocycles. The molecule has 438 valence electrons. The quantitative estimate of drug-likeness (QED) is 0.132. The Morgan fingerprint density at radius 2 is 0.553 bits per heavy atom. The number of fused-ring (bicyclic) bond motifs is 6. The lowest BCUT2D eigenvalue weighted by atomic mass is 9.90. The van der Waals surface area contributed by atoms with E-state index in [0.717, 1.165) is 0 Å². The first-order valence-corrected chi connectivity index (χ1v) is 28.4. The minimum Gasteiger partial charge on any atom is -0.309 e. The van der Waals surface area contributed by atoms with Crippen molar-refractivity contribution in [1.29, 1.82) is 47.4 Å². The Morgan fingerprint density at radius 3 is 0.872 bits per heavy atom. The van der Waals surface area contributed by atoms with E-state index in [-0.39, 0.29) is 66.9 Å². The molecule has 0 unspecified atom stereocenters. The number of rotatable bonds is 8. The van der Waals surface area contributed by atoms with Crippen LogP contribution < -0.4 is 0 Å². The van der Waals surface area contributed by atoms with Crippen LogP contribution in [0.25, 0.3) is 122 Å². The molecule has 0 bridgehead atoms. The van der Waals surface area contributed by atoms with Crippen molar-refractivity contribution < 1.29 is 26.3 Å². The van der Waals surface area contributed by atoms with Crippen LogP contribution in [-0.2, 0) is 12.4 Å². The smallest absolute Gasteiger partial charge is 0.309 e. The van der Waals surface area contributed by atoms with Gasteiger partial charge in [0.05, 0.1) is 149 Å². The van der Waals surface area contributed by atoms with Gasteiger partial charge in [0, 0.05) is 38.2 Å². The van der Waals surface area contributed by atoms with Crippen LogP contribution in [0.2, 0.25) is 0 Å². The van der Waals surface area contributed by atoms with Crippen LogP contribution in [0.1, 0.15) is 61.2 Å². The van der Waals surface area contributed by atoms with Gasteiger partial charge in [-0.3, -0.25) is 0 Å². The zero-order chi connectivity index (χ0) is 65.9. The molecule has 0 saturated carbocycles. The molecule has 13 rings (SSSR count). The van der Waals surface area contributed by atoms with Gasteiger partial charge in [0.1, 0.15) is 0 Å². The molecule has 0 aliphatic carbocycles. The van der Waals surface area contributed by atoms with Gasteiger partial charge in [0.2, 0.25) is 0 Å². The molecule has 2 aromatic heterocycles. The number of aromatic nitrogens is 2. The first-order valence-electron chi connectivity index (χ1n) is 28.4. The molecule has 0 spiro atoms. The van der Waals surface area contributed by atoms with E-state index >= 15 is 26.3 Å². The number of nitriles is 9.